The molecule has 0 unspecified atom stereocenters. The zero-order valence-corrected chi connectivity index (χ0v) is 12.9. The van der Waals surface area contributed by atoms with Crippen molar-refractivity contribution in [2.24, 2.45) is 0 Å². The van der Waals surface area contributed by atoms with E-state index in [1.807, 2.05) is 0 Å². The van der Waals surface area contributed by atoms with Crippen LogP contribution in [0.25, 0.3) is 10.2 Å². The van der Waals surface area contributed by atoms with Crippen LogP contribution >= 0.6 is 23.1 Å². The Morgan fingerprint density at radius 3 is 3.11 bits per heavy atom. The van der Waals surface area contributed by atoms with Crippen molar-refractivity contribution in [1.82, 2.24) is 9.97 Å². The highest BCUT2D eigenvalue weighted by molar-refractivity contribution is 7.99. The van der Waals surface area contributed by atoms with Gasteiger partial charge in [-0.1, -0.05) is 6.92 Å². The Bertz CT molecular complexity index is 516. The van der Waals surface area contributed by atoms with Crippen molar-refractivity contribution in [2.45, 2.75) is 24.8 Å². The van der Waals surface area contributed by atoms with Gasteiger partial charge in [0, 0.05) is 31.4 Å². The van der Waals surface area contributed by atoms with Crippen LogP contribution in [0.1, 0.15) is 19.8 Å². The molecule has 0 aliphatic rings. The second kappa shape index (κ2) is 7.67. The molecule has 2 heterocycles. The maximum atomic E-state index is 5.07. The van der Waals surface area contributed by atoms with Gasteiger partial charge >= 0.3 is 0 Å². The molecule has 2 aromatic rings. The van der Waals surface area contributed by atoms with Crippen LogP contribution in [-0.4, -0.2) is 36.0 Å². The number of thioether (sulfide) groups is 1. The molecular weight excluding hydrogens is 278 g/mol. The zero-order valence-electron chi connectivity index (χ0n) is 11.3. The Labute approximate surface area is 122 Å². The van der Waals surface area contributed by atoms with Crippen molar-refractivity contribution in [3.05, 3.63) is 11.4 Å². The van der Waals surface area contributed by atoms with Gasteiger partial charge in [0.1, 0.15) is 9.86 Å². The zero-order chi connectivity index (χ0) is 13.5. The fourth-order valence-electron chi connectivity index (χ4n) is 1.63. The number of anilines is 1. The molecule has 0 saturated heterocycles. The largest absolute Gasteiger partial charge is 0.385 e. The first-order chi connectivity index (χ1) is 9.35. The second-order valence-corrected chi connectivity index (χ2v) is 6.09. The first kappa shape index (κ1) is 14.6. The van der Waals surface area contributed by atoms with E-state index in [0.717, 1.165) is 52.9 Å². The first-order valence-corrected chi connectivity index (χ1v) is 8.32. The molecule has 19 heavy (non-hydrogen) atoms. The minimum atomic E-state index is 0.742. The number of rotatable bonds is 8. The summed E-state index contributed by atoms with van der Waals surface area (Å²) in [6.07, 6.45) is 2.11. The molecule has 0 aromatic carbocycles. The van der Waals surface area contributed by atoms with Gasteiger partial charge in [0.25, 0.3) is 0 Å². The third-order valence-corrected chi connectivity index (χ3v) is 4.44. The van der Waals surface area contributed by atoms with Gasteiger partial charge in [-0.15, -0.1) is 23.1 Å². The van der Waals surface area contributed by atoms with E-state index < -0.39 is 0 Å². The molecule has 2 aromatic heterocycles. The van der Waals surface area contributed by atoms with Gasteiger partial charge in [-0.3, -0.25) is 0 Å². The summed E-state index contributed by atoms with van der Waals surface area (Å²) in [4.78, 5) is 10.2. The number of nitrogens with one attached hydrogen (secondary N) is 1. The summed E-state index contributed by atoms with van der Waals surface area (Å²) in [5, 5.41) is 7.57. The van der Waals surface area contributed by atoms with Gasteiger partial charge in [0.05, 0.1) is 0 Å². The van der Waals surface area contributed by atoms with Crippen LogP contribution in [0.2, 0.25) is 0 Å². The van der Waals surface area contributed by atoms with Crippen LogP contribution in [0.4, 0.5) is 5.95 Å². The number of ether oxygens (including phenoxy) is 1. The summed E-state index contributed by atoms with van der Waals surface area (Å²) in [5.41, 5.74) is 0. The van der Waals surface area contributed by atoms with E-state index in [-0.39, 0.29) is 0 Å². The lowest BCUT2D eigenvalue weighted by Crippen LogP contribution is -2.04. The summed E-state index contributed by atoms with van der Waals surface area (Å²) < 4.78 is 5.07. The lowest BCUT2D eigenvalue weighted by atomic mass is 10.4. The minimum absolute atomic E-state index is 0.742. The van der Waals surface area contributed by atoms with Gasteiger partial charge < -0.3 is 10.1 Å². The molecule has 0 spiro atoms. The fourth-order valence-corrected chi connectivity index (χ4v) is 3.38. The summed E-state index contributed by atoms with van der Waals surface area (Å²) in [6.45, 7) is 3.84. The number of hydrogen-bond acceptors (Lipinski definition) is 6. The molecular formula is C13H19N3OS2. The average molecular weight is 297 g/mol. The number of fused-ring (bicyclic) bond motifs is 1. The highest BCUT2D eigenvalue weighted by atomic mass is 32.2. The maximum Gasteiger partial charge on any atom is 0.225 e. The second-order valence-electron chi connectivity index (χ2n) is 4.11. The molecule has 0 atom stereocenters. The number of nitrogens with zero attached hydrogens (tertiary/aromatic N) is 2. The number of hydrogen-bond donors (Lipinski definition) is 1. The normalized spacial score (nSPS) is 11.1. The number of aromatic nitrogens is 2. The minimum Gasteiger partial charge on any atom is -0.385 e. The van der Waals surface area contributed by atoms with Crippen molar-refractivity contribution in [1.29, 1.82) is 0 Å². The third kappa shape index (κ3) is 4.06. The molecule has 0 amide bonds. The Morgan fingerprint density at radius 1 is 1.42 bits per heavy atom. The fraction of sp³-hybridized carbons (Fsp3) is 0.538. The van der Waals surface area contributed by atoms with Crippen molar-refractivity contribution >= 4 is 39.3 Å². The molecule has 2 rings (SSSR count). The number of thiophene rings is 1. The van der Waals surface area contributed by atoms with Crippen LogP contribution in [0.5, 0.6) is 0 Å². The van der Waals surface area contributed by atoms with Crippen LogP contribution in [0.3, 0.4) is 0 Å². The highest BCUT2D eigenvalue weighted by Gasteiger charge is 2.09. The van der Waals surface area contributed by atoms with Crippen molar-refractivity contribution in [3.8, 4) is 0 Å². The van der Waals surface area contributed by atoms with Crippen LogP contribution in [0, 0.1) is 0 Å². The number of methoxy groups -OCH3 is 1. The average Bonchev–Trinajstić information content (AvgIpc) is 2.89. The molecule has 0 aliphatic heterocycles. The van der Waals surface area contributed by atoms with E-state index in [0.29, 0.717) is 0 Å². The van der Waals surface area contributed by atoms with E-state index in [4.69, 9.17) is 4.74 Å². The van der Waals surface area contributed by atoms with E-state index in [1.165, 1.54) is 0 Å². The van der Waals surface area contributed by atoms with Crippen LogP contribution in [-0.2, 0) is 4.74 Å². The van der Waals surface area contributed by atoms with Crippen LogP contribution in [0.15, 0.2) is 16.5 Å². The van der Waals surface area contributed by atoms with Crippen molar-refractivity contribution in [2.75, 3.05) is 31.3 Å². The lowest BCUT2D eigenvalue weighted by molar-refractivity contribution is 0.200. The molecule has 4 nitrogen and oxygen atoms in total. The van der Waals surface area contributed by atoms with Gasteiger partial charge in [-0.05, 0) is 24.3 Å². The molecule has 0 saturated carbocycles. The predicted octanol–water partition coefficient (Wildman–Crippen LogP) is 3.64. The van der Waals surface area contributed by atoms with Gasteiger partial charge in [0.2, 0.25) is 5.95 Å². The summed E-state index contributed by atoms with van der Waals surface area (Å²) in [6, 6.07) is 2.10. The standard InChI is InChI=1S/C13H19N3OS2/c1-3-6-14-13-15-11(18-8-4-7-17-2)10-5-9-19-12(10)16-13/h5,9H,3-4,6-8H2,1-2H3,(H,14,15,16). The van der Waals surface area contributed by atoms with Gasteiger partial charge in [-0.2, -0.15) is 0 Å². The maximum absolute atomic E-state index is 5.07. The Kier molecular flexibility index (Phi) is 5.88. The van der Waals surface area contributed by atoms with E-state index in [9.17, 15) is 0 Å². The van der Waals surface area contributed by atoms with Gasteiger partial charge in [0.15, 0.2) is 0 Å². The Morgan fingerprint density at radius 2 is 2.32 bits per heavy atom. The molecule has 0 radical (unpaired) electrons. The molecule has 104 valence electrons. The van der Waals surface area contributed by atoms with Crippen molar-refractivity contribution < 1.29 is 4.74 Å². The molecule has 6 heteroatoms. The molecule has 0 aliphatic carbocycles. The Hall–Kier alpha value is -0.850. The SMILES string of the molecule is CCCNc1nc(SCCCOC)c2ccsc2n1. The quantitative estimate of drug-likeness (QED) is 0.458. The summed E-state index contributed by atoms with van der Waals surface area (Å²) >= 11 is 3.44. The lowest BCUT2D eigenvalue weighted by Gasteiger charge is -2.07. The highest BCUT2D eigenvalue weighted by Crippen LogP contribution is 2.30. The molecule has 0 bridgehead atoms. The Balaban J connectivity index is 2.12. The van der Waals surface area contributed by atoms with E-state index in [1.54, 1.807) is 30.2 Å². The van der Waals surface area contributed by atoms with E-state index in [2.05, 4.69) is 33.7 Å². The van der Waals surface area contributed by atoms with Crippen molar-refractivity contribution in [3.63, 3.8) is 0 Å². The monoisotopic (exact) mass is 297 g/mol. The van der Waals surface area contributed by atoms with Gasteiger partial charge in [-0.25, -0.2) is 9.97 Å². The third-order valence-electron chi connectivity index (χ3n) is 2.55. The summed E-state index contributed by atoms with van der Waals surface area (Å²) in [7, 11) is 1.74. The molecule has 1 N–H and O–H groups in total. The summed E-state index contributed by atoms with van der Waals surface area (Å²) in [5.74, 6) is 1.76. The first-order valence-electron chi connectivity index (χ1n) is 6.46. The van der Waals surface area contributed by atoms with Crippen LogP contribution < -0.4 is 5.32 Å². The predicted molar refractivity (Wildman–Crippen MR) is 83.4 cm³/mol. The smallest absolute Gasteiger partial charge is 0.225 e. The van der Waals surface area contributed by atoms with E-state index >= 15 is 0 Å². The topological polar surface area (TPSA) is 47.0 Å². The molecule has 0 fully saturated rings.